The lowest BCUT2D eigenvalue weighted by Crippen LogP contribution is -2.28. The fraction of sp³-hybridized carbons (Fsp3) is 0.217. The minimum absolute atomic E-state index is 0.168. The molecule has 0 atom stereocenters. The predicted molar refractivity (Wildman–Crippen MR) is 121 cm³/mol. The van der Waals surface area contributed by atoms with Crippen molar-refractivity contribution in [3.8, 4) is 17.0 Å². The fourth-order valence-corrected chi connectivity index (χ4v) is 3.64. The Morgan fingerprint density at radius 3 is 2.44 bits per heavy atom. The van der Waals surface area contributed by atoms with Crippen LogP contribution in [-0.2, 0) is 19.6 Å². The minimum atomic E-state index is -4.82. The van der Waals surface area contributed by atoms with Crippen LogP contribution in [0.2, 0.25) is 10.0 Å². The number of benzene rings is 2. The second-order valence-corrected chi connectivity index (χ2v) is 8.30. The van der Waals surface area contributed by atoms with E-state index in [0.717, 1.165) is 22.3 Å². The van der Waals surface area contributed by atoms with Crippen molar-refractivity contribution in [2.24, 2.45) is 7.05 Å². The Bertz CT molecular complexity index is 1310. The average Bonchev–Trinajstić information content (AvgIpc) is 2.76. The highest BCUT2D eigenvalue weighted by atomic mass is 35.5. The number of aromatic nitrogens is 1. The molecule has 0 bridgehead atoms. The van der Waals surface area contributed by atoms with E-state index in [9.17, 15) is 32.3 Å². The highest BCUT2D eigenvalue weighted by Gasteiger charge is 2.32. The predicted octanol–water partition coefficient (Wildman–Crippen LogP) is 5.59. The number of rotatable bonds is 6. The van der Waals surface area contributed by atoms with E-state index in [0.29, 0.717) is 35.0 Å². The molecule has 0 radical (unpaired) electrons. The van der Waals surface area contributed by atoms with Crippen molar-refractivity contribution in [3.63, 3.8) is 0 Å². The summed E-state index contributed by atoms with van der Waals surface area (Å²) < 4.78 is 54.0. The van der Waals surface area contributed by atoms with Crippen molar-refractivity contribution in [1.29, 1.82) is 0 Å². The van der Waals surface area contributed by atoms with Gasteiger partial charge in [0.05, 0.1) is 26.9 Å². The van der Waals surface area contributed by atoms with Gasteiger partial charge in [0.15, 0.2) is 5.75 Å². The second-order valence-electron chi connectivity index (χ2n) is 7.49. The molecular formula is C23H18Cl2F4N2O3. The van der Waals surface area contributed by atoms with Gasteiger partial charge < -0.3 is 15.0 Å². The largest absolute Gasteiger partial charge is 0.502 e. The van der Waals surface area contributed by atoms with E-state index in [1.54, 1.807) is 18.2 Å². The molecule has 3 rings (SSSR count). The van der Waals surface area contributed by atoms with Gasteiger partial charge in [0.2, 0.25) is 0 Å². The van der Waals surface area contributed by atoms with Crippen molar-refractivity contribution < 1.29 is 27.5 Å². The highest BCUT2D eigenvalue weighted by molar-refractivity contribution is 6.42. The van der Waals surface area contributed by atoms with Gasteiger partial charge in [-0.25, -0.2) is 4.39 Å². The number of carbonyl (C=O) groups excluding carboxylic acids is 1. The average molecular weight is 517 g/mol. The van der Waals surface area contributed by atoms with Crippen LogP contribution >= 0.6 is 23.2 Å². The van der Waals surface area contributed by atoms with Gasteiger partial charge in [0, 0.05) is 19.2 Å². The van der Waals surface area contributed by atoms with Crippen LogP contribution in [0.25, 0.3) is 11.3 Å². The summed E-state index contributed by atoms with van der Waals surface area (Å²) in [7, 11) is 1.19. The van der Waals surface area contributed by atoms with E-state index in [1.165, 1.54) is 7.05 Å². The summed E-state index contributed by atoms with van der Waals surface area (Å²) in [6.07, 6.45) is -3.78. The summed E-state index contributed by atoms with van der Waals surface area (Å²) >= 11 is 11.8. The molecule has 3 aromatic rings. The van der Waals surface area contributed by atoms with Gasteiger partial charge in [-0.05, 0) is 54.8 Å². The van der Waals surface area contributed by atoms with Gasteiger partial charge in [-0.2, -0.15) is 13.2 Å². The first-order chi connectivity index (χ1) is 15.9. The van der Waals surface area contributed by atoms with Gasteiger partial charge in [-0.3, -0.25) is 9.59 Å². The van der Waals surface area contributed by atoms with Crippen molar-refractivity contribution in [3.05, 3.63) is 85.4 Å². The van der Waals surface area contributed by atoms with Gasteiger partial charge in [-0.15, -0.1) is 0 Å². The number of alkyl halides is 3. The van der Waals surface area contributed by atoms with Crippen LogP contribution in [0, 0.1) is 5.82 Å². The Labute approximate surface area is 201 Å². The van der Waals surface area contributed by atoms with Crippen molar-refractivity contribution in [2.45, 2.75) is 19.0 Å². The van der Waals surface area contributed by atoms with E-state index in [1.807, 2.05) is 0 Å². The Morgan fingerprint density at radius 1 is 1.09 bits per heavy atom. The quantitative estimate of drug-likeness (QED) is 0.331. The van der Waals surface area contributed by atoms with Gasteiger partial charge in [-0.1, -0.05) is 29.3 Å². The Balaban J connectivity index is 1.83. The monoisotopic (exact) mass is 516 g/mol. The lowest BCUT2D eigenvalue weighted by atomic mass is 10.0. The summed E-state index contributed by atoms with van der Waals surface area (Å²) in [6.45, 7) is 0.168. The van der Waals surface area contributed by atoms with Crippen LogP contribution in [0.3, 0.4) is 0 Å². The standard InChI is InChI=1S/C23H18Cl2F4N2O3/c1-31-19(13-8-14(23(27,28)29)10-15(26)9-13)11-16(20(32)22(31)34)21(33)30-6-2-3-12-4-5-17(24)18(25)7-12/h4-5,7-11,32H,2-3,6H2,1H3,(H,30,33). The van der Waals surface area contributed by atoms with Crippen LogP contribution in [0.5, 0.6) is 5.75 Å². The molecule has 5 nitrogen and oxygen atoms in total. The van der Waals surface area contributed by atoms with E-state index in [2.05, 4.69) is 5.32 Å². The molecule has 0 saturated heterocycles. The molecule has 0 aliphatic heterocycles. The fourth-order valence-electron chi connectivity index (χ4n) is 3.32. The van der Waals surface area contributed by atoms with Crippen molar-refractivity contribution >= 4 is 29.1 Å². The number of aryl methyl sites for hydroxylation is 1. The smallest absolute Gasteiger partial charge is 0.416 e. The third-order valence-electron chi connectivity index (χ3n) is 5.08. The molecule has 1 heterocycles. The van der Waals surface area contributed by atoms with Crippen LogP contribution < -0.4 is 10.9 Å². The number of halogens is 6. The molecule has 0 spiro atoms. The van der Waals surface area contributed by atoms with Gasteiger partial charge in [0.1, 0.15) is 5.82 Å². The molecule has 0 unspecified atom stereocenters. The maximum atomic E-state index is 13.9. The number of aromatic hydroxyl groups is 1. The number of carbonyl (C=O) groups is 1. The van der Waals surface area contributed by atoms with Gasteiger partial charge in [0.25, 0.3) is 11.5 Å². The molecule has 0 aliphatic carbocycles. The van der Waals surface area contributed by atoms with E-state index < -0.39 is 40.3 Å². The molecule has 0 fully saturated rings. The number of nitrogens with one attached hydrogen (secondary N) is 1. The number of hydrogen-bond acceptors (Lipinski definition) is 3. The molecule has 2 aromatic carbocycles. The molecule has 0 aliphatic rings. The first kappa shape index (κ1) is 25.6. The molecule has 1 amide bonds. The first-order valence-electron chi connectivity index (χ1n) is 9.91. The number of nitrogens with zero attached hydrogens (tertiary/aromatic N) is 1. The highest BCUT2D eigenvalue weighted by Crippen LogP contribution is 2.33. The molecule has 2 N–H and O–H groups in total. The normalized spacial score (nSPS) is 11.5. The number of pyridine rings is 1. The van der Waals surface area contributed by atoms with E-state index in [-0.39, 0.29) is 17.8 Å². The Kier molecular flexibility index (Phi) is 7.57. The maximum Gasteiger partial charge on any atom is 0.416 e. The SMILES string of the molecule is Cn1c(-c2cc(F)cc(C(F)(F)F)c2)cc(C(=O)NCCCc2ccc(Cl)c(Cl)c2)c(O)c1=O. The van der Waals surface area contributed by atoms with Crippen LogP contribution in [0.4, 0.5) is 17.6 Å². The summed E-state index contributed by atoms with van der Waals surface area (Å²) in [5.41, 5.74) is -2.28. The minimum Gasteiger partial charge on any atom is -0.502 e. The number of amides is 1. The third-order valence-corrected chi connectivity index (χ3v) is 5.82. The summed E-state index contributed by atoms with van der Waals surface area (Å²) in [6, 6.07) is 7.95. The van der Waals surface area contributed by atoms with E-state index in [4.69, 9.17) is 23.2 Å². The van der Waals surface area contributed by atoms with Crippen molar-refractivity contribution in [2.75, 3.05) is 6.54 Å². The Hall–Kier alpha value is -3.04. The van der Waals surface area contributed by atoms with Crippen molar-refractivity contribution in [1.82, 2.24) is 9.88 Å². The maximum absolute atomic E-state index is 13.9. The van der Waals surface area contributed by atoms with Crippen LogP contribution in [0.15, 0.2) is 47.3 Å². The van der Waals surface area contributed by atoms with Gasteiger partial charge >= 0.3 is 6.18 Å². The zero-order valence-corrected chi connectivity index (χ0v) is 19.2. The molecular weight excluding hydrogens is 499 g/mol. The summed E-state index contributed by atoms with van der Waals surface area (Å²) in [5.74, 6) is -2.85. The molecule has 180 valence electrons. The molecule has 0 saturated carbocycles. The lowest BCUT2D eigenvalue weighted by molar-refractivity contribution is -0.137. The topological polar surface area (TPSA) is 71.3 Å². The van der Waals surface area contributed by atoms with Crippen LogP contribution in [0.1, 0.15) is 27.9 Å². The number of hydrogen-bond donors (Lipinski definition) is 2. The Morgan fingerprint density at radius 2 is 1.79 bits per heavy atom. The third kappa shape index (κ3) is 5.71. The second kappa shape index (κ2) is 10.1. The zero-order valence-electron chi connectivity index (χ0n) is 17.6. The first-order valence-corrected chi connectivity index (χ1v) is 10.7. The zero-order chi connectivity index (χ0) is 25.2. The van der Waals surface area contributed by atoms with E-state index >= 15 is 0 Å². The summed E-state index contributed by atoms with van der Waals surface area (Å²) in [4.78, 5) is 25.0. The lowest BCUT2D eigenvalue weighted by Gasteiger charge is -2.15. The van der Waals surface area contributed by atoms with Crippen LogP contribution in [-0.4, -0.2) is 22.1 Å². The summed E-state index contributed by atoms with van der Waals surface area (Å²) in [5, 5.41) is 13.5. The molecule has 1 aromatic heterocycles. The molecule has 11 heteroatoms. The molecule has 34 heavy (non-hydrogen) atoms.